The number of hydrogen-bond donors (Lipinski definition) is 2. The summed E-state index contributed by atoms with van der Waals surface area (Å²) in [6.45, 7) is 2.53. The van der Waals surface area contributed by atoms with Gasteiger partial charge in [0.2, 0.25) is 0 Å². The number of aromatic nitrogens is 1. The molecule has 90 valence electrons. The molecule has 1 unspecified atom stereocenters. The molecule has 2 aromatic rings. The van der Waals surface area contributed by atoms with E-state index >= 15 is 0 Å². The number of morpholine rings is 1. The van der Waals surface area contributed by atoms with Crippen molar-refractivity contribution in [2.45, 2.75) is 10.4 Å². The lowest BCUT2D eigenvalue weighted by Crippen LogP contribution is -2.33. The van der Waals surface area contributed by atoms with Gasteiger partial charge in [0.05, 0.1) is 22.9 Å². The molecule has 0 radical (unpaired) electrons. The van der Waals surface area contributed by atoms with Crippen LogP contribution >= 0.6 is 23.3 Å². The molecule has 0 saturated carbocycles. The summed E-state index contributed by atoms with van der Waals surface area (Å²) in [4.78, 5) is 4.56. The van der Waals surface area contributed by atoms with Crippen LogP contribution in [0.25, 0.3) is 10.2 Å². The van der Waals surface area contributed by atoms with Gasteiger partial charge in [0.15, 0.2) is 4.34 Å². The van der Waals surface area contributed by atoms with Gasteiger partial charge in [0, 0.05) is 18.7 Å². The number of hydrogen-bond acceptors (Lipinski definition) is 6. The number of benzene rings is 1. The SMILES string of the molecule is NSc1nc2c(C3CNCCO3)cccc2s1. The largest absolute Gasteiger partial charge is 0.371 e. The quantitative estimate of drug-likeness (QED) is 0.814. The van der Waals surface area contributed by atoms with E-state index in [9.17, 15) is 0 Å². The van der Waals surface area contributed by atoms with Gasteiger partial charge in [-0.05, 0) is 18.0 Å². The molecule has 6 heteroatoms. The van der Waals surface area contributed by atoms with Crippen LogP contribution in [0.1, 0.15) is 11.7 Å². The van der Waals surface area contributed by atoms with E-state index in [0.29, 0.717) is 0 Å². The highest BCUT2D eigenvalue weighted by Gasteiger charge is 2.19. The molecule has 0 amide bonds. The van der Waals surface area contributed by atoms with Crippen molar-refractivity contribution >= 4 is 33.5 Å². The van der Waals surface area contributed by atoms with Gasteiger partial charge < -0.3 is 10.1 Å². The highest BCUT2D eigenvalue weighted by atomic mass is 32.2. The van der Waals surface area contributed by atoms with Gasteiger partial charge in [-0.2, -0.15) is 0 Å². The lowest BCUT2D eigenvalue weighted by molar-refractivity contribution is 0.0285. The van der Waals surface area contributed by atoms with Gasteiger partial charge in [-0.1, -0.05) is 12.1 Å². The molecule has 1 aliphatic heterocycles. The molecule has 1 aliphatic rings. The van der Waals surface area contributed by atoms with E-state index in [4.69, 9.17) is 9.88 Å². The van der Waals surface area contributed by atoms with Gasteiger partial charge in [-0.25, -0.2) is 4.98 Å². The lowest BCUT2D eigenvalue weighted by atomic mass is 10.1. The van der Waals surface area contributed by atoms with Crippen LogP contribution in [-0.4, -0.2) is 24.7 Å². The van der Waals surface area contributed by atoms with Crippen molar-refractivity contribution < 1.29 is 4.74 Å². The first-order chi connectivity index (χ1) is 8.38. The zero-order valence-electron chi connectivity index (χ0n) is 9.18. The fourth-order valence-corrected chi connectivity index (χ4v) is 3.36. The van der Waals surface area contributed by atoms with Crippen molar-refractivity contribution in [1.29, 1.82) is 0 Å². The monoisotopic (exact) mass is 267 g/mol. The van der Waals surface area contributed by atoms with Crippen LogP contribution in [-0.2, 0) is 4.74 Å². The maximum atomic E-state index is 5.78. The highest BCUT2D eigenvalue weighted by molar-refractivity contribution is 7.99. The topological polar surface area (TPSA) is 60.2 Å². The maximum absolute atomic E-state index is 5.78. The summed E-state index contributed by atoms with van der Waals surface area (Å²) in [7, 11) is 0. The number of ether oxygens (including phenoxy) is 1. The Hall–Kier alpha value is -0.660. The molecular formula is C11H13N3OS2. The minimum atomic E-state index is 0.102. The minimum Gasteiger partial charge on any atom is -0.371 e. The van der Waals surface area contributed by atoms with E-state index in [1.807, 2.05) is 0 Å². The average molecular weight is 267 g/mol. The van der Waals surface area contributed by atoms with Crippen LogP contribution in [0.2, 0.25) is 0 Å². The molecular weight excluding hydrogens is 254 g/mol. The molecule has 3 N–H and O–H groups in total. The van der Waals surface area contributed by atoms with E-state index in [-0.39, 0.29) is 6.10 Å². The molecule has 3 rings (SSSR count). The predicted molar refractivity (Wildman–Crippen MR) is 71.2 cm³/mol. The summed E-state index contributed by atoms with van der Waals surface area (Å²) in [6, 6.07) is 6.22. The standard InChI is InChI=1S/C11H13N3OS2/c12-17-11-14-10-7(2-1-3-9(10)16-11)8-6-13-4-5-15-8/h1-3,8,13H,4-6,12H2. The Morgan fingerprint density at radius 2 is 2.47 bits per heavy atom. The molecule has 17 heavy (non-hydrogen) atoms. The van der Waals surface area contributed by atoms with Crippen molar-refractivity contribution in [2.75, 3.05) is 19.7 Å². The van der Waals surface area contributed by atoms with Crippen molar-refractivity contribution in [2.24, 2.45) is 5.14 Å². The van der Waals surface area contributed by atoms with Crippen LogP contribution in [0.4, 0.5) is 0 Å². The van der Waals surface area contributed by atoms with Crippen molar-refractivity contribution in [3.63, 3.8) is 0 Å². The molecule has 4 nitrogen and oxygen atoms in total. The number of fused-ring (bicyclic) bond motifs is 1. The van der Waals surface area contributed by atoms with Gasteiger partial charge in [-0.15, -0.1) is 11.3 Å². The fraction of sp³-hybridized carbons (Fsp3) is 0.364. The Labute approximate surface area is 108 Å². The predicted octanol–water partition coefficient (Wildman–Crippen LogP) is 1.92. The van der Waals surface area contributed by atoms with Crippen LogP contribution in [0.5, 0.6) is 0 Å². The van der Waals surface area contributed by atoms with E-state index in [1.165, 1.54) is 16.6 Å². The van der Waals surface area contributed by atoms with Gasteiger partial charge in [0.25, 0.3) is 0 Å². The summed E-state index contributed by atoms with van der Waals surface area (Å²) in [5.41, 5.74) is 2.19. The number of rotatable bonds is 2. The average Bonchev–Trinajstić information content (AvgIpc) is 2.82. The summed E-state index contributed by atoms with van der Waals surface area (Å²) in [5, 5.41) is 8.90. The summed E-state index contributed by atoms with van der Waals surface area (Å²) in [5.74, 6) is 0. The second kappa shape index (κ2) is 4.91. The van der Waals surface area contributed by atoms with Crippen LogP contribution in [0.3, 0.4) is 0 Å². The normalized spacial score (nSPS) is 20.9. The van der Waals surface area contributed by atoms with Crippen molar-refractivity contribution in [3.05, 3.63) is 23.8 Å². The van der Waals surface area contributed by atoms with Crippen LogP contribution in [0, 0.1) is 0 Å². The smallest absolute Gasteiger partial charge is 0.165 e. The second-order valence-electron chi connectivity index (χ2n) is 3.86. The zero-order chi connectivity index (χ0) is 11.7. The Balaban J connectivity index is 2.05. The molecule has 0 aliphatic carbocycles. The van der Waals surface area contributed by atoms with Crippen molar-refractivity contribution in [3.8, 4) is 0 Å². The van der Waals surface area contributed by atoms with Gasteiger partial charge in [-0.3, -0.25) is 5.14 Å². The Bertz CT molecular complexity index is 522. The van der Waals surface area contributed by atoms with E-state index in [1.54, 1.807) is 11.3 Å². The summed E-state index contributed by atoms with van der Waals surface area (Å²) < 4.78 is 7.85. The van der Waals surface area contributed by atoms with Crippen molar-refractivity contribution in [1.82, 2.24) is 10.3 Å². The third kappa shape index (κ3) is 2.19. The van der Waals surface area contributed by atoms with Crippen LogP contribution in [0.15, 0.2) is 22.5 Å². The third-order valence-electron chi connectivity index (χ3n) is 2.81. The summed E-state index contributed by atoms with van der Waals surface area (Å²) >= 11 is 2.83. The number of nitrogens with zero attached hydrogens (tertiary/aromatic N) is 1. The zero-order valence-corrected chi connectivity index (χ0v) is 10.8. The molecule has 2 heterocycles. The Morgan fingerprint density at radius 3 is 3.24 bits per heavy atom. The molecule has 1 saturated heterocycles. The highest BCUT2D eigenvalue weighted by Crippen LogP contribution is 2.32. The third-order valence-corrected chi connectivity index (χ3v) is 4.45. The van der Waals surface area contributed by atoms with Crippen LogP contribution < -0.4 is 10.5 Å². The fourth-order valence-electron chi connectivity index (χ4n) is 2.02. The number of para-hydroxylation sites is 1. The molecule has 1 aromatic heterocycles. The second-order valence-corrected chi connectivity index (χ2v) is 5.77. The molecule has 1 fully saturated rings. The Kier molecular flexibility index (Phi) is 3.30. The van der Waals surface area contributed by atoms with Gasteiger partial charge >= 0.3 is 0 Å². The molecule has 1 atom stereocenters. The number of nitrogens with two attached hydrogens (primary N) is 1. The van der Waals surface area contributed by atoms with E-state index in [0.717, 1.165) is 35.1 Å². The Morgan fingerprint density at radius 1 is 1.53 bits per heavy atom. The maximum Gasteiger partial charge on any atom is 0.165 e. The van der Waals surface area contributed by atoms with E-state index in [2.05, 4.69) is 28.5 Å². The molecule has 1 aromatic carbocycles. The lowest BCUT2D eigenvalue weighted by Gasteiger charge is -2.24. The minimum absolute atomic E-state index is 0.102. The van der Waals surface area contributed by atoms with Gasteiger partial charge in [0.1, 0.15) is 0 Å². The molecule has 0 bridgehead atoms. The summed E-state index contributed by atoms with van der Waals surface area (Å²) in [6.07, 6.45) is 0.102. The first-order valence-electron chi connectivity index (χ1n) is 5.47. The molecule has 0 spiro atoms. The number of thiazole rings is 1. The number of nitrogens with one attached hydrogen (secondary N) is 1. The first kappa shape index (κ1) is 11.4. The van der Waals surface area contributed by atoms with E-state index < -0.39 is 0 Å². The first-order valence-corrected chi connectivity index (χ1v) is 7.16.